The van der Waals surface area contributed by atoms with Crippen LogP contribution in [0.5, 0.6) is 5.75 Å². The largest absolute Gasteiger partial charge is 0.491 e. The van der Waals surface area contributed by atoms with Gasteiger partial charge in [-0.05, 0) is 25.1 Å². The molecule has 6 nitrogen and oxygen atoms in total. The highest BCUT2D eigenvalue weighted by molar-refractivity contribution is 5.92. The van der Waals surface area contributed by atoms with Crippen LogP contribution in [0.2, 0.25) is 0 Å². The molecule has 1 heterocycles. The molecule has 0 atom stereocenters. The number of hydrogen-bond acceptors (Lipinski definition) is 4. The second-order valence-electron chi connectivity index (χ2n) is 4.08. The number of aryl methyl sites for hydroxylation is 1. The molecule has 100 valence electrons. The van der Waals surface area contributed by atoms with E-state index in [-0.39, 0.29) is 5.56 Å². The predicted molar refractivity (Wildman–Crippen MR) is 70.3 cm³/mol. The number of ether oxygens (including phenoxy) is 1. The highest BCUT2D eigenvalue weighted by atomic mass is 16.5. The summed E-state index contributed by atoms with van der Waals surface area (Å²) in [6.07, 6.45) is 3.56. The first-order valence-electron chi connectivity index (χ1n) is 5.81. The van der Waals surface area contributed by atoms with Gasteiger partial charge in [0.2, 0.25) is 0 Å². The molecule has 0 fully saturated rings. The summed E-state index contributed by atoms with van der Waals surface area (Å²) in [5, 5.41) is 9.07. The van der Waals surface area contributed by atoms with Crippen LogP contribution < -0.4 is 10.5 Å². The van der Waals surface area contributed by atoms with Gasteiger partial charge in [-0.1, -0.05) is 0 Å². The minimum Gasteiger partial charge on any atom is -0.491 e. The van der Waals surface area contributed by atoms with E-state index >= 15 is 0 Å². The van der Waals surface area contributed by atoms with Crippen LogP contribution in [0.3, 0.4) is 0 Å². The van der Waals surface area contributed by atoms with Crippen LogP contribution in [0.1, 0.15) is 16.2 Å². The summed E-state index contributed by atoms with van der Waals surface area (Å²) in [5.41, 5.74) is 6.03. The molecule has 0 unspecified atom stereocenters. The van der Waals surface area contributed by atoms with E-state index in [1.54, 1.807) is 18.3 Å². The molecule has 0 aliphatic heterocycles. The molecular weight excluding hydrogens is 246 g/mol. The zero-order valence-corrected chi connectivity index (χ0v) is 10.5. The molecule has 0 amide bonds. The number of carbonyl (C=O) groups is 1. The van der Waals surface area contributed by atoms with Crippen molar-refractivity contribution in [3.05, 3.63) is 42.0 Å². The van der Waals surface area contributed by atoms with E-state index < -0.39 is 5.97 Å². The maximum atomic E-state index is 11.1. The summed E-state index contributed by atoms with van der Waals surface area (Å²) in [5.74, 6) is 0.153. The molecule has 19 heavy (non-hydrogen) atoms. The number of anilines is 1. The van der Waals surface area contributed by atoms with E-state index in [1.165, 1.54) is 6.07 Å². The quantitative estimate of drug-likeness (QED) is 0.797. The number of aromatic carboxylic acids is 1. The Morgan fingerprint density at radius 2 is 2.32 bits per heavy atom. The number of rotatable bonds is 5. The zero-order chi connectivity index (χ0) is 13.8. The molecule has 0 saturated heterocycles. The Hall–Kier alpha value is -2.50. The number of carboxylic acids is 1. The molecular formula is C13H15N3O3. The van der Waals surface area contributed by atoms with Crippen LogP contribution in [-0.4, -0.2) is 27.2 Å². The fourth-order valence-electron chi connectivity index (χ4n) is 1.73. The highest BCUT2D eigenvalue weighted by Crippen LogP contribution is 2.21. The van der Waals surface area contributed by atoms with Gasteiger partial charge in [-0.2, -0.15) is 0 Å². The molecule has 0 spiro atoms. The lowest BCUT2D eigenvalue weighted by atomic mass is 10.2. The van der Waals surface area contributed by atoms with E-state index in [4.69, 9.17) is 15.6 Å². The lowest BCUT2D eigenvalue weighted by molar-refractivity contribution is 0.0692. The Bertz CT molecular complexity index is 593. The molecule has 2 aromatic rings. The Labute approximate surface area is 110 Å². The molecule has 3 N–H and O–H groups in total. The smallest absolute Gasteiger partial charge is 0.339 e. The molecule has 2 rings (SSSR count). The van der Waals surface area contributed by atoms with E-state index in [1.807, 2.05) is 17.7 Å². The molecule has 1 aromatic heterocycles. The van der Waals surface area contributed by atoms with Crippen molar-refractivity contribution in [2.75, 3.05) is 12.3 Å². The van der Waals surface area contributed by atoms with Crippen LogP contribution in [0.25, 0.3) is 0 Å². The van der Waals surface area contributed by atoms with Gasteiger partial charge in [0, 0.05) is 18.1 Å². The lowest BCUT2D eigenvalue weighted by Crippen LogP contribution is -2.11. The van der Waals surface area contributed by atoms with Crippen molar-refractivity contribution in [3.63, 3.8) is 0 Å². The molecule has 0 radical (unpaired) electrons. The molecule has 0 aliphatic carbocycles. The van der Waals surface area contributed by atoms with E-state index in [0.29, 0.717) is 24.6 Å². The van der Waals surface area contributed by atoms with Crippen molar-refractivity contribution in [3.8, 4) is 5.75 Å². The second-order valence-corrected chi connectivity index (χ2v) is 4.08. The minimum absolute atomic E-state index is 0.0716. The van der Waals surface area contributed by atoms with Gasteiger partial charge >= 0.3 is 5.97 Å². The number of benzene rings is 1. The number of carboxylic acid groups (broad SMARTS) is 1. The van der Waals surface area contributed by atoms with Crippen molar-refractivity contribution in [2.45, 2.75) is 13.5 Å². The van der Waals surface area contributed by atoms with Gasteiger partial charge in [0.1, 0.15) is 23.7 Å². The van der Waals surface area contributed by atoms with E-state index in [9.17, 15) is 4.79 Å². The first-order chi connectivity index (χ1) is 9.08. The topological polar surface area (TPSA) is 90.4 Å². The number of nitrogen functional groups attached to an aromatic ring is 1. The number of nitrogens with zero attached hydrogens (tertiary/aromatic N) is 2. The van der Waals surface area contributed by atoms with Crippen molar-refractivity contribution in [1.29, 1.82) is 0 Å². The number of nitrogens with two attached hydrogens (primary N) is 1. The summed E-state index contributed by atoms with van der Waals surface area (Å²) in [6.45, 7) is 2.86. The summed E-state index contributed by atoms with van der Waals surface area (Å²) < 4.78 is 7.43. The average molecular weight is 261 g/mol. The normalized spacial score (nSPS) is 10.4. The third-order valence-electron chi connectivity index (χ3n) is 2.75. The Morgan fingerprint density at radius 1 is 1.53 bits per heavy atom. The maximum Gasteiger partial charge on any atom is 0.339 e. The number of aromatic nitrogens is 2. The van der Waals surface area contributed by atoms with E-state index in [2.05, 4.69) is 4.98 Å². The standard InChI is InChI=1S/C13H15N3O3/c1-9-15-4-5-16(9)6-7-19-12-3-2-10(14)8-11(12)13(17)18/h2-5,8H,6-7,14H2,1H3,(H,17,18). The molecule has 0 aliphatic rings. The first-order valence-corrected chi connectivity index (χ1v) is 5.81. The van der Waals surface area contributed by atoms with Crippen LogP contribution in [0.15, 0.2) is 30.6 Å². The van der Waals surface area contributed by atoms with Gasteiger partial charge < -0.3 is 20.1 Å². The van der Waals surface area contributed by atoms with Gasteiger partial charge in [0.05, 0.1) is 6.54 Å². The fraction of sp³-hybridized carbons (Fsp3) is 0.231. The third-order valence-corrected chi connectivity index (χ3v) is 2.75. The van der Waals surface area contributed by atoms with Crippen LogP contribution in [-0.2, 0) is 6.54 Å². The third kappa shape index (κ3) is 3.04. The predicted octanol–water partition coefficient (Wildman–Crippen LogP) is 1.55. The summed E-state index contributed by atoms with van der Waals surface area (Å²) in [4.78, 5) is 15.2. The van der Waals surface area contributed by atoms with Crippen molar-refractivity contribution in [2.24, 2.45) is 0 Å². The Balaban J connectivity index is 2.03. The van der Waals surface area contributed by atoms with Gasteiger partial charge in [0.25, 0.3) is 0 Å². The molecule has 1 aromatic carbocycles. The summed E-state index contributed by atoms with van der Waals surface area (Å²) >= 11 is 0. The maximum absolute atomic E-state index is 11.1. The molecule has 0 saturated carbocycles. The summed E-state index contributed by atoms with van der Waals surface area (Å²) in [6, 6.07) is 4.57. The van der Waals surface area contributed by atoms with Gasteiger partial charge in [-0.15, -0.1) is 0 Å². The SMILES string of the molecule is Cc1nccn1CCOc1ccc(N)cc1C(=O)O. The van der Waals surface area contributed by atoms with Gasteiger partial charge in [0.15, 0.2) is 0 Å². The Morgan fingerprint density at radius 3 is 2.95 bits per heavy atom. The van der Waals surface area contributed by atoms with Gasteiger partial charge in [-0.25, -0.2) is 9.78 Å². The minimum atomic E-state index is -1.05. The lowest BCUT2D eigenvalue weighted by Gasteiger charge is -2.10. The van der Waals surface area contributed by atoms with Crippen LogP contribution in [0, 0.1) is 6.92 Å². The van der Waals surface area contributed by atoms with Crippen LogP contribution >= 0.6 is 0 Å². The van der Waals surface area contributed by atoms with Crippen molar-refractivity contribution in [1.82, 2.24) is 9.55 Å². The number of imidazole rings is 1. The zero-order valence-electron chi connectivity index (χ0n) is 10.5. The van der Waals surface area contributed by atoms with E-state index in [0.717, 1.165) is 5.82 Å². The first kappa shape index (κ1) is 12.9. The Kier molecular flexibility index (Phi) is 3.70. The fourth-order valence-corrected chi connectivity index (χ4v) is 1.73. The molecule has 6 heteroatoms. The second kappa shape index (κ2) is 5.43. The number of hydrogen-bond donors (Lipinski definition) is 2. The molecule has 0 bridgehead atoms. The highest BCUT2D eigenvalue weighted by Gasteiger charge is 2.11. The van der Waals surface area contributed by atoms with Gasteiger partial charge in [-0.3, -0.25) is 0 Å². The van der Waals surface area contributed by atoms with Crippen molar-refractivity contribution < 1.29 is 14.6 Å². The van der Waals surface area contributed by atoms with Crippen molar-refractivity contribution >= 4 is 11.7 Å². The average Bonchev–Trinajstić information content (AvgIpc) is 2.77. The monoisotopic (exact) mass is 261 g/mol. The summed E-state index contributed by atoms with van der Waals surface area (Å²) in [7, 11) is 0. The van der Waals surface area contributed by atoms with Crippen LogP contribution in [0.4, 0.5) is 5.69 Å².